The Kier molecular flexibility index (Phi) is 9.74. The van der Waals surface area contributed by atoms with Crippen LogP contribution in [-0.2, 0) is 17.4 Å². The van der Waals surface area contributed by atoms with Gasteiger partial charge in [0.2, 0.25) is 5.89 Å². The van der Waals surface area contributed by atoms with E-state index in [-0.39, 0.29) is 34.8 Å². The van der Waals surface area contributed by atoms with Crippen LogP contribution >= 0.6 is 24.0 Å². The van der Waals surface area contributed by atoms with Gasteiger partial charge in [0.05, 0.1) is 6.10 Å². The van der Waals surface area contributed by atoms with Crippen molar-refractivity contribution in [3.63, 3.8) is 0 Å². The third-order valence-electron chi connectivity index (χ3n) is 4.46. The lowest BCUT2D eigenvalue weighted by atomic mass is 9.86. The van der Waals surface area contributed by atoms with Crippen molar-refractivity contribution >= 4 is 29.9 Å². The summed E-state index contributed by atoms with van der Waals surface area (Å²) in [6, 6.07) is 8.09. The van der Waals surface area contributed by atoms with Crippen molar-refractivity contribution in [3.8, 4) is 0 Å². The number of aliphatic imine (C=N–C) groups is 1. The maximum Gasteiger partial charge on any atom is 0.232 e. The van der Waals surface area contributed by atoms with Gasteiger partial charge in [-0.15, -0.1) is 24.0 Å². The molecule has 8 heteroatoms. The molecule has 0 fully saturated rings. The summed E-state index contributed by atoms with van der Waals surface area (Å²) in [5.74, 6) is 1.72. The first-order chi connectivity index (χ1) is 13.5. The van der Waals surface area contributed by atoms with Crippen molar-refractivity contribution in [3.05, 3.63) is 47.1 Å². The summed E-state index contributed by atoms with van der Waals surface area (Å²) < 4.78 is 5.30. The zero-order chi connectivity index (χ0) is 21.7. The van der Waals surface area contributed by atoms with Crippen LogP contribution in [0.4, 0.5) is 0 Å². The van der Waals surface area contributed by atoms with Crippen molar-refractivity contribution in [2.24, 2.45) is 4.99 Å². The number of guanidine groups is 1. The number of nitrogens with zero attached hydrogens (tertiary/aromatic N) is 3. The Bertz CT molecular complexity index is 804. The minimum atomic E-state index is -0.634. The Morgan fingerprint density at radius 1 is 1.07 bits per heavy atom. The second-order valence-electron chi connectivity index (χ2n) is 9.23. The monoisotopic (exact) mass is 529 g/mol. The van der Waals surface area contributed by atoms with Crippen LogP contribution in [0.25, 0.3) is 0 Å². The maximum atomic E-state index is 10.5. The van der Waals surface area contributed by atoms with Gasteiger partial charge in [0, 0.05) is 18.5 Å². The number of aliphatic hydroxyl groups is 1. The Morgan fingerprint density at radius 2 is 1.70 bits per heavy atom. The van der Waals surface area contributed by atoms with Gasteiger partial charge in [-0.2, -0.15) is 4.98 Å². The zero-order valence-corrected chi connectivity index (χ0v) is 21.4. The van der Waals surface area contributed by atoms with Crippen LogP contribution < -0.4 is 10.6 Å². The molecule has 1 unspecified atom stereocenters. The molecule has 2 aromatic rings. The molecule has 30 heavy (non-hydrogen) atoms. The SMILES string of the molecule is CCNC(=NCc1noc(C(C)(C)C)n1)NCC(O)c1ccc(C(C)(C)C)cc1.I. The van der Waals surface area contributed by atoms with Crippen LogP contribution in [0.2, 0.25) is 0 Å². The molecular weight excluding hydrogens is 493 g/mol. The fourth-order valence-corrected chi connectivity index (χ4v) is 2.63. The molecule has 0 bridgehead atoms. The first kappa shape index (κ1) is 26.4. The number of hydrogen-bond donors (Lipinski definition) is 3. The predicted molar refractivity (Wildman–Crippen MR) is 131 cm³/mol. The highest BCUT2D eigenvalue weighted by atomic mass is 127. The summed E-state index contributed by atoms with van der Waals surface area (Å²) >= 11 is 0. The van der Waals surface area contributed by atoms with E-state index in [1.54, 1.807) is 0 Å². The number of hydrogen-bond acceptors (Lipinski definition) is 5. The van der Waals surface area contributed by atoms with Gasteiger partial charge in [-0.3, -0.25) is 0 Å². The molecule has 1 heterocycles. The summed E-state index contributed by atoms with van der Waals surface area (Å²) in [4.78, 5) is 8.88. The fraction of sp³-hybridized carbons (Fsp3) is 0.591. The minimum Gasteiger partial charge on any atom is -0.387 e. The van der Waals surface area contributed by atoms with Crippen LogP contribution in [0.1, 0.15) is 77.4 Å². The normalized spacial score (nSPS) is 13.5. The van der Waals surface area contributed by atoms with Crippen LogP contribution in [0.5, 0.6) is 0 Å². The molecule has 3 N–H and O–H groups in total. The minimum absolute atomic E-state index is 0. The summed E-state index contributed by atoms with van der Waals surface area (Å²) in [5.41, 5.74) is 2.01. The Balaban J connectivity index is 0.00000450. The zero-order valence-electron chi connectivity index (χ0n) is 19.1. The molecule has 0 amide bonds. The highest BCUT2D eigenvalue weighted by Gasteiger charge is 2.21. The second-order valence-corrected chi connectivity index (χ2v) is 9.23. The smallest absolute Gasteiger partial charge is 0.232 e. The molecular formula is C22H36IN5O2. The summed E-state index contributed by atoms with van der Waals surface area (Å²) in [5, 5.41) is 20.9. The number of rotatable bonds is 6. The first-order valence-corrected chi connectivity index (χ1v) is 10.1. The third-order valence-corrected chi connectivity index (χ3v) is 4.46. The average Bonchev–Trinajstić information content (AvgIpc) is 3.12. The highest BCUT2D eigenvalue weighted by Crippen LogP contribution is 2.24. The molecule has 1 aromatic carbocycles. The summed E-state index contributed by atoms with van der Waals surface area (Å²) in [6.45, 7) is 15.9. The third kappa shape index (κ3) is 7.86. The lowest BCUT2D eigenvalue weighted by molar-refractivity contribution is 0.181. The van der Waals surface area contributed by atoms with Gasteiger partial charge in [-0.1, -0.05) is 71.0 Å². The number of aliphatic hydroxyl groups excluding tert-OH is 1. The van der Waals surface area contributed by atoms with Gasteiger partial charge in [-0.25, -0.2) is 4.99 Å². The van der Waals surface area contributed by atoms with Gasteiger partial charge in [-0.05, 0) is 23.5 Å². The van der Waals surface area contributed by atoms with Crippen LogP contribution in [0.3, 0.4) is 0 Å². The largest absolute Gasteiger partial charge is 0.387 e. The number of aromatic nitrogens is 2. The van der Waals surface area contributed by atoms with Crippen LogP contribution in [0, 0.1) is 0 Å². The molecule has 2 rings (SSSR count). The first-order valence-electron chi connectivity index (χ1n) is 10.1. The molecule has 0 aliphatic heterocycles. The maximum absolute atomic E-state index is 10.5. The van der Waals surface area contributed by atoms with Crippen molar-refractivity contribution in [1.82, 2.24) is 20.8 Å². The highest BCUT2D eigenvalue weighted by molar-refractivity contribution is 14.0. The molecule has 168 valence electrons. The van der Waals surface area contributed by atoms with Gasteiger partial charge < -0.3 is 20.3 Å². The van der Waals surface area contributed by atoms with E-state index in [1.165, 1.54) is 5.56 Å². The van der Waals surface area contributed by atoms with Crippen LogP contribution in [0.15, 0.2) is 33.8 Å². The molecule has 7 nitrogen and oxygen atoms in total. The molecule has 0 aliphatic rings. The van der Waals surface area contributed by atoms with E-state index in [0.717, 1.165) is 5.56 Å². The molecule has 0 aliphatic carbocycles. The number of nitrogens with one attached hydrogen (secondary N) is 2. The standard InChI is InChI=1S/C22H35N5O2.HI/c1-8-23-20(25-14-18-26-19(29-27-18)22(5,6)7)24-13-17(28)15-9-11-16(12-10-15)21(2,3)4;/h9-12,17,28H,8,13-14H2,1-7H3,(H2,23,24,25);1H. The Morgan fingerprint density at radius 3 is 2.20 bits per heavy atom. The molecule has 0 radical (unpaired) electrons. The van der Waals surface area contributed by atoms with E-state index in [1.807, 2.05) is 39.8 Å². The van der Waals surface area contributed by atoms with Crippen molar-refractivity contribution in [2.75, 3.05) is 13.1 Å². The van der Waals surface area contributed by atoms with Crippen molar-refractivity contribution < 1.29 is 9.63 Å². The Hall–Kier alpha value is -1.68. The summed E-state index contributed by atoms with van der Waals surface area (Å²) in [6.07, 6.45) is -0.634. The van der Waals surface area contributed by atoms with E-state index in [0.29, 0.717) is 37.3 Å². The van der Waals surface area contributed by atoms with Gasteiger partial charge in [0.15, 0.2) is 11.8 Å². The number of benzene rings is 1. The summed E-state index contributed by atoms with van der Waals surface area (Å²) in [7, 11) is 0. The van der Waals surface area contributed by atoms with Gasteiger partial charge >= 0.3 is 0 Å². The fourth-order valence-electron chi connectivity index (χ4n) is 2.63. The van der Waals surface area contributed by atoms with E-state index >= 15 is 0 Å². The lowest BCUT2D eigenvalue weighted by Crippen LogP contribution is -2.39. The Labute approximate surface area is 197 Å². The second kappa shape index (κ2) is 11.1. The lowest BCUT2D eigenvalue weighted by Gasteiger charge is -2.20. The van der Waals surface area contributed by atoms with Crippen molar-refractivity contribution in [2.45, 2.75) is 71.9 Å². The van der Waals surface area contributed by atoms with E-state index in [9.17, 15) is 5.11 Å². The molecule has 0 spiro atoms. The number of halogens is 1. The van der Waals surface area contributed by atoms with Gasteiger partial charge in [0.25, 0.3) is 0 Å². The van der Waals surface area contributed by atoms with Crippen LogP contribution in [-0.4, -0.2) is 34.3 Å². The average molecular weight is 529 g/mol. The van der Waals surface area contributed by atoms with Gasteiger partial charge in [0.1, 0.15) is 6.54 Å². The molecule has 0 saturated heterocycles. The molecule has 0 saturated carbocycles. The van der Waals surface area contributed by atoms with E-state index in [4.69, 9.17) is 4.52 Å². The van der Waals surface area contributed by atoms with E-state index in [2.05, 4.69) is 58.7 Å². The molecule has 1 atom stereocenters. The topological polar surface area (TPSA) is 95.6 Å². The quantitative estimate of drug-likeness (QED) is 0.297. The predicted octanol–water partition coefficient (Wildman–Crippen LogP) is 4.07. The molecule has 1 aromatic heterocycles. The van der Waals surface area contributed by atoms with Crippen molar-refractivity contribution in [1.29, 1.82) is 0 Å². The van der Waals surface area contributed by atoms with E-state index < -0.39 is 6.10 Å².